The summed E-state index contributed by atoms with van der Waals surface area (Å²) in [5.74, 6) is 0.673. The van der Waals surface area contributed by atoms with Gasteiger partial charge in [0.1, 0.15) is 0 Å². The maximum atomic E-state index is 5.41. The number of hydrogen-bond donors (Lipinski definition) is 0. The SMILES string of the molecule is C=Cn1cc(C2CCC2)c2ocnc21. The molecule has 3 nitrogen and oxygen atoms in total. The summed E-state index contributed by atoms with van der Waals surface area (Å²) in [6.45, 7) is 3.76. The standard InChI is InChI=1S/C11H12N2O/c1-2-13-6-9(8-4-3-5-8)10-11(13)12-7-14-10/h2,6-8H,1,3-5H2. The molecule has 2 aromatic rings. The Morgan fingerprint density at radius 2 is 2.43 bits per heavy atom. The molecule has 1 fully saturated rings. The Bertz CT molecular complexity index is 476. The Hall–Kier alpha value is -1.51. The van der Waals surface area contributed by atoms with Crippen LogP contribution < -0.4 is 0 Å². The first-order chi connectivity index (χ1) is 6.90. The van der Waals surface area contributed by atoms with Crippen molar-refractivity contribution in [3.8, 4) is 0 Å². The molecule has 0 spiro atoms. The summed E-state index contributed by atoms with van der Waals surface area (Å²) < 4.78 is 7.35. The molecular weight excluding hydrogens is 176 g/mol. The van der Waals surface area contributed by atoms with Gasteiger partial charge in [-0.1, -0.05) is 13.0 Å². The molecule has 1 aliphatic carbocycles. The van der Waals surface area contributed by atoms with Crippen molar-refractivity contribution in [1.82, 2.24) is 9.55 Å². The Morgan fingerprint density at radius 1 is 1.57 bits per heavy atom. The predicted molar refractivity (Wildman–Crippen MR) is 55.0 cm³/mol. The fraction of sp³-hybridized carbons (Fsp3) is 0.364. The average Bonchev–Trinajstić information content (AvgIpc) is 2.64. The topological polar surface area (TPSA) is 31.0 Å². The van der Waals surface area contributed by atoms with Crippen LogP contribution in [0.4, 0.5) is 0 Å². The molecule has 0 radical (unpaired) electrons. The van der Waals surface area contributed by atoms with E-state index in [0.717, 1.165) is 11.2 Å². The third kappa shape index (κ3) is 0.895. The predicted octanol–water partition coefficient (Wildman–Crippen LogP) is 3.00. The molecule has 0 aromatic carbocycles. The van der Waals surface area contributed by atoms with E-state index in [1.54, 1.807) is 6.20 Å². The van der Waals surface area contributed by atoms with Crippen LogP contribution in [0, 0.1) is 0 Å². The van der Waals surface area contributed by atoms with Crippen LogP contribution in [-0.2, 0) is 0 Å². The van der Waals surface area contributed by atoms with E-state index in [1.165, 1.54) is 31.2 Å². The van der Waals surface area contributed by atoms with Crippen molar-refractivity contribution in [2.75, 3.05) is 0 Å². The minimum absolute atomic E-state index is 0.673. The van der Waals surface area contributed by atoms with Gasteiger partial charge < -0.3 is 8.98 Å². The first-order valence-electron chi connectivity index (χ1n) is 4.96. The number of aromatic nitrogens is 2. The zero-order valence-electron chi connectivity index (χ0n) is 7.94. The van der Waals surface area contributed by atoms with Crippen LogP contribution >= 0.6 is 0 Å². The fourth-order valence-electron chi connectivity index (χ4n) is 2.04. The maximum Gasteiger partial charge on any atom is 0.183 e. The van der Waals surface area contributed by atoms with Crippen LogP contribution in [0.25, 0.3) is 17.4 Å². The summed E-state index contributed by atoms with van der Waals surface area (Å²) in [4.78, 5) is 4.18. The van der Waals surface area contributed by atoms with E-state index in [2.05, 4.69) is 17.8 Å². The van der Waals surface area contributed by atoms with Gasteiger partial charge in [0.25, 0.3) is 0 Å². The van der Waals surface area contributed by atoms with Crippen LogP contribution in [0.2, 0.25) is 0 Å². The number of hydrogen-bond acceptors (Lipinski definition) is 2. The smallest absolute Gasteiger partial charge is 0.183 e. The third-order valence-corrected chi connectivity index (χ3v) is 3.08. The molecule has 0 aliphatic heterocycles. The lowest BCUT2D eigenvalue weighted by Gasteiger charge is -2.23. The third-order valence-electron chi connectivity index (χ3n) is 3.08. The minimum atomic E-state index is 0.673. The second-order valence-electron chi connectivity index (χ2n) is 3.81. The largest absolute Gasteiger partial charge is 0.441 e. The van der Waals surface area contributed by atoms with Gasteiger partial charge in [0.05, 0.1) is 0 Å². The molecule has 0 atom stereocenters. The van der Waals surface area contributed by atoms with E-state index in [9.17, 15) is 0 Å². The molecule has 3 heteroatoms. The summed E-state index contributed by atoms with van der Waals surface area (Å²) in [6.07, 6.45) is 9.26. The Kier molecular flexibility index (Phi) is 1.54. The number of fused-ring (bicyclic) bond motifs is 1. The Morgan fingerprint density at radius 3 is 3.07 bits per heavy atom. The first-order valence-corrected chi connectivity index (χ1v) is 4.96. The Balaban J connectivity index is 2.21. The molecule has 72 valence electrons. The highest BCUT2D eigenvalue weighted by molar-refractivity contribution is 5.76. The van der Waals surface area contributed by atoms with Crippen molar-refractivity contribution in [3.05, 3.63) is 24.7 Å². The second-order valence-corrected chi connectivity index (χ2v) is 3.81. The van der Waals surface area contributed by atoms with Crippen molar-refractivity contribution >= 4 is 17.4 Å². The van der Waals surface area contributed by atoms with Crippen LogP contribution in [0.3, 0.4) is 0 Å². The van der Waals surface area contributed by atoms with Gasteiger partial charge in [0.2, 0.25) is 0 Å². The second kappa shape index (κ2) is 2.74. The first kappa shape index (κ1) is 7.85. The van der Waals surface area contributed by atoms with Gasteiger partial charge in [-0.3, -0.25) is 0 Å². The van der Waals surface area contributed by atoms with Gasteiger partial charge in [-0.2, -0.15) is 4.98 Å². The quantitative estimate of drug-likeness (QED) is 0.725. The van der Waals surface area contributed by atoms with Gasteiger partial charge in [0, 0.05) is 18.0 Å². The van der Waals surface area contributed by atoms with E-state index in [1.807, 2.05) is 4.57 Å². The normalized spacial score (nSPS) is 17.1. The summed E-state index contributed by atoms with van der Waals surface area (Å²) >= 11 is 0. The molecule has 0 unspecified atom stereocenters. The molecule has 0 saturated heterocycles. The van der Waals surface area contributed by atoms with Gasteiger partial charge >= 0.3 is 0 Å². The molecule has 0 amide bonds. The molecule has 14 heavy (non-hydrogen) atoms. The van der Waals surface area contributed by atoms with Crippen LogP contribution in [0.1, 0.15) is 30.7 Å². The monoisotopic (exact) mass is 188 g/mol. The molecule has 2 heterocycles. The molecule has 1 saturated carbocycles. The zero-order valence-corrected chi connectivity index (χ0v) is 7.94. The lowest BCUT2D eigenvalue weighted by molar-refractivity contribution is 0.417. The summed E-state index contributed by atoms with van der Waals surface area (Å²) in [5, 5.41) is 0. The van der Waals surface area contributed by atoms with Gasteiger partial charge in [-0.15, -0.1) is 0 Å². The Labute approximate surface area is 82.0 Å². The van der Waals surface area contributed by atoms with E-state index in [4.69, 9.17) is 4.42 Å². The molecule has 0 bridgehead atoms. The molecule has 3 rings (SSSR count). The molecule has 1 aliphatic rings. The van der Waals surface area contributed by atoms with Gasteiger partial charge in [-0.05, 0) is 18.8 Å². The molecule has 0 N–H and O–H groups in total. The van der Waals surface area contributed by atoms with Crippen molar-refractivity contribution < 1.29 is 4.42 Å². The zero-order chi connectivity index (χ0) is 9.54. The van der Waals surface area contributed by atoms with Crippen molar-refractivity contribution in [2.24, 2.45) is 0 Å². The van der Waals surface area contributed by atoms with Crippen LogP contribution in [-0.4, -0.2) is 9.55 Å². The minimum Gasteiger partial charge on any atom is -0.441 e. The lowest BCUT2D eigenvalue weighted by Crippen LogP contribution is -2.07. The van der Waals surface area contributed by atoms with Crippen LogP contribution in [0.15, 0.2) is 23.6 Å². The summed E-state index contributed by atoms with van der Waals surface area (Å²) in [5.41, 5.74) is 3.13. The maximum absolute atomic E-state index is 5.41. The highest BCUT2D eigenvalue weighted by atomic mass is 16.3. The summed E-state index contributed by atoms with van der Waals surface area (Å²) in [6, 6.07) is 0. The fourth-order valence-corrected chi connectivity index (χ4v) is 2.04. The lowest BCUT2D eigenvalue weighted by atomic mass is 9.81. The molecular formula is C11H12N2O. The van der Waals surface area contributed by atoms with E-state index in [0.29, 0.717) is 5.92 Å². The van der Waals surface area contributed by atoms with Crippen LogP contribution in [0.5, 0.6) is 0 Å². The van der Waals surface area contributed by atoms with E-state index >= 15 is 0 Å². The van der Waals surface area contributed by atoms with Crippen molar-refractivity contribution in [1.29, 1.82) is 0 Å². The highest BCUT2D eigenvalue weighted by Crippen LogP contribution is 2.40. The average molecular weight is 188 g/mol. The van der Waals surface area contributed by atoms with Gasteiger partial charge in [-0.25, -0.2) is 0 Å². The van der Waals surface area contributed by atoms with Crippen molar-refractivity contribution in [2.45, 2.75) is 25.2 Å². The van der Waals surface area contributed by atoms with Gasteiger partial charge in [0.15, 0.2) is 17.6 Å². The van der Waals surface area contributed by atoms with Crippen molar-refractivity contribution in [3.63, 3.8) is 0 Å². The summed E-state index contributed by atoms with van der Waals surface area (Å²) in [7, 11) is 0. The number of nitrogens with zero attached hydrogens (tertiary/aromatic N) is 2. The number of oxazole rings is 1. The number of rotatable bonds is 2. The molecule has 2 aromatic heterocycles. The highest BCUT2D eigenvalue weighted by Gasteiger charge is 2.25. The van der Waals surface area contributed by atoms with E-state index in [-0.39, 0.29) is 0 Å². The van der Waals surface area contributed by atoms with E-state index < -0.39 is 0 Å².